The minimum atomic E-state index is 0.349. The van der Waals surface area contributed by atoms with Gasteiger partial charge < -0.3 is 10.2 Å². The highest BCUT2D eigenvalue weighted by atomic mass is 32.2. The zero-order valence-electron chi connectivity index (χ0n) is 12.2. The molecule has 2 aliphatic rings. The van der Waals surface area contributed by atoms with Crippen LogP contribution in [-0.2, 0) is 0 Å². The van der Waals surface area contributed by atoms with Crippen molar-refractivity contribution in [2.24, 2.45) is 16.8 Å². The highest BCUT2D eigenvalue weighted by molar-refractivity contribution is 8.00. The second-order valence-corrected chi connectivity index (χ2v) is 8.00. The Balaban J connectivity index is 1.95. The first-order valence-electron chi connectivity index (χ1n) is 7.19. The van der Waals surface area contributed by atoms with Crippen molar-refractivity contribution >= 4 is 17.7 Å². The molecular formula is C14H27N3S. The first-order valence-corrected chi connectivity index (χ1v) is 8.17. The van der Waals surface area contributed by atoms with E-state index in [1.165, 1.54) is 12.2 Å². The van der Waals surface area contributed by atoms with Crippen LogP contribution >= 0.6 is 11.8 Å². The Hall–Kier alpha value is -0.380. The Kier molecular flexibility index (Phi) is 4.46. The Morgan fingerprint density at radius 3 is 2.78 bits per heavy atom. The molecule has 1 saturated heterocycles. The Morgan fingerprint density at radius 1 is 1.50 bits per heavy atom. The van der Waals surface area contributed by atoms with Crippen molar-refractivity contribution in [2.75, 3.05) is 31.9 Å². The summed E-state index contributed by atoms with van der Waals surface area (Å²) in [6.45, 7) is 13.3. The summed E-state index contributed by atoms with van der Waals surface area (Å²) < 4.78 is 0.349. The van der Waals surface area contributed by atoms with Crippen molar-refractivity contribution < 1.29 is 0 Å². The molecule has 0 amide bonds. The van der Waals surface area contributed by atoms with Crippen LogP contribution in [0.5, 0.6) is 0 Å². The number of aliphatic imine (C=N–C) groups is 1. The summed E-state index contributed by atoms with van der Waals surface area (Å²) >= 11 is 2.07. The lowest BCUT2D eigenvalue weighted by atomic mass is 10.2. The van der Waals surface area contributed by atoms with Gasteiger partial charge in [0.1, 0.15) is 0 Å². The van der Waals surface area contributed by atoms with E-state index >= 15 is 0 Å². The highest BCUT2D eigenvalue weighted by Crippen LogP contribution is 2.37. The molecule has 4 heteroatoms. The van der Waals surface area contributed by atoms with E-state index in [1.807, 2.05) is 0 Å². The van der Waals surface area contributed by atoms with Gasteiger partial charge in [-0.05, 0) is 39.0 Å². The molecule has 1 N–H and O–H groups in total. The fourth-order valence-corrected chi connectivity index (χ4v) is 3.59. The van der Waals surface area contributed by atoms with E-state index in [4.69, 9.17) is 4.99 Å². The van der Waals surface area contributed by atoms with Gasteiger partial charge in [0.2, 0.25) is 0 Å². The minimum Gasteiger partial charge on any atom is -0.357 e. The van der Waals surface area contributed by atoms with E-state index in [2.05, 4.69) is 49.7 Å². The summed E-state index contributed by atoms with van der Waals surface area (Å²) in [5.74, 6) is 4.07. The van der Waals surface area contributed by atoms with E-state index in [0.29, 0.717) is 4.75 Å². The van der Waals surface area contributed by atoms with Gasteiger partial charge in [-0.25, -0.2) is 0 Å². The average Bonchev–Trinajstić information content (AvgIpc) is 2.99. The number of rotatable bonds is 3. The highest BCUT2D eigenvalue weighted by Gasteiger charge is 2.33. The number of hydrogen-bond acceptors (Lipinski definition) is 2. The van der Waals surface area contributed by atoms with E-state index in [9.17, 15) is 0 Å². The molecule has 18 heavy (non-hydrogen) atoms. The van der Waals surface area contributed by atoms with Crippen LogP contribution in [0.4, 0.5) is 0 Å². The van der Waals surface area contributed by atoms with E-state index in [-0.39, 0.29) is 0 Å². The van der Waals surface area contributed by atoms with Gasteiger partial charge in [-0.3, -0.25) is 4.99 Å². The number of thioether (sulfide) groups is 1. The molecule has 0 bridgehead atoms. The average molecular weight is 269 g/mol. The van der Waals surface area contributed by atoms with Crippen molar-refractivity contribution in [1.82, 2.24) is 10.2 Å². The van der Waals surface area contributed by atoms with Gasteiger partial charge >= 0.3 is 0 Å². The molecule has 0 aromatic heterocycles. The third-order valence-electron chi connectivity index (χ3n) is 3.81. The molecule has 1 aliphatic heterocycles. The standard InChI is InChI=1S/C14H27N3S/c1-5-15-13(16-9-12-8-11(12)2)17-6-7-18-14(3,4)10-17/h11-12H,5-10H2,1-4H3,(H,15,16). The van der Waals surface area contributed by atoms with Gasteiger partial charge in [0.15, 0.2) is 5.96 Å². The third-order valence-corrected chi connectivity index (χ3v) is 5.11. The maximum atomic E-state index is 4.84. The van der Waals surface area contributed by atoms with E-state index in [0.717, 1.165) is 44.0 Å². The molecule has 2 atom stereocenters. The summed E-state index contributed by atoms with van der Waals surface area (Å²) in [5.41, 5.74) is 0. The van der Waals surface area contributed by atoms with Gasteiger partial charge in [-0.15, -0.1) is 0 Å². The van der Waals surface area contributed by atoms with Crippen molar-refractivity contribution in [1.29, 1.82) is 0 Å². The normalized spacial score (nSPS) is 31.3. The lowest BCUT2D eigenvalue weighted by molar-refractivity contribution is 0.375. The van der Waals surface area contributed by atoms with Crippen LogP contribution in [0.2, 0.25) is 0 Å². The Labute approximate surface area is 116 Å². The molecule has 0 aromatic rings. The van der Waals surface area contributed by atoms with Gasteiger partial charge in [0.05, 0.1) is 0 Å². The van der Waals surface area contributed by atoms with Gasteiger partial charge in [-0.1, -0.05) is 6.92 Å². The van der Waals surface area contributed by atoms with Crippen LogP contribution in [0.3, 0.4) is 0 Å². The van der Waals surface area contributed by atoms with Gasteiger partial charge in [0, 0.05) is 36.7 Å². The molecule has 2 fully saturated rings. The molecule has 0 radical (unpaired) electrons. The Morgan fingerprint density at radius 2 is 2.22 bits per heavy atom. The predicted molar refractivity (Wildman–Crippen MR) is 81.4 cm³/mol. The molecule has 0 aromatic carbocycles. The van der Waals surface area contributed by atoms with Gasteiger partial charge in [0.25, 0.3) is 0 Å². The third kappa shape index (κ3) is 3.81. The van der Waals surface area contributed by atoms with Crippen molar-refractivity contribution in [3.63, 3.8) is 0 Å². The summed E-state index contributed by atoms with van der Waals surface area (Å²) in [6.07, 6.45) is 1.37. The molecule has 1 saturated carbocycles. The van der Waals surface area contributed by atoms with Crippen molar-refractivity contribution in [2.45, 2.75) is 38.9 Å². The van der Waals surface area contributed by atoms with Crippen LogP contribution in [-0.4, -0.2) is 47.5 Å². The lowest BCUT2D eigenvalue weighted by Crippen LogP contribution is -2.51. The molecule has 0 spiro atoms. The van der Waals surface area contributed by atoms with Gasteiger partial charge in [-0.2, -0.15) is 11.8 Å². The summed E-state index contributed by atoms with van der Waals surface area (Å²) in [7, 11) is 0. The fourth-order valence-electron chi connectivity index (χ4n) is 2.48. The zero-order chi connectivity index (χ0) is 13.2. The first kappa shape index (κ1) is 14.0. The fraction of sp³-hybridized carbons (Fsp3) is 0.929. The zero-order valence-corrected chi connectivity index (χ0v) is 13.0. The Bertz CT molecular complexity index is 314. The van der Waals surface area contributed by atoms with E-state index in [1.54, 1.807) is 0 Å². The number of guanidine groups is 1. The molecule has 2 rings (SSSR count). The molecular weight excluding hydrogens is 242 g/mol. The van der Waals surface area contributed by atoms with E-state index < -0.39 is 0 Å². The monoisotopic (exact) mass is 269 g/mol. The molecule has 1 aliphatic carbocycles. The van der Waals surface area contributed by atoms with Crippen LogP contribution in [0.1, 0.15) is 34.1 Å². The van der Waals surface area contributed by atoms with Crippen LogP contribution in [0, 0.1) is 11.8 Å². The number of nitrogens with zero attached hydrogens (tertiary/aromatic N) is 2. The second kappa shape index (κ2) is 5.72. The van der Waals surface area contributed by atoms with Crippen LogP contribution < -0.4 is 5.32 Å². The number of hydrogen-bond donors (Lipinski definition) is 1. The quantitative estimate of drug-likeness (QED) is 0.630. The summed E-state index contributed by atoms with van der Waals surface area (Å²) in [5, 5.41) is 3.45. The summed E-state index contributed by atoms with van der Waals surface area (Å²) in [4.78, 5) is 7.27. The molecule has 2 unspecified atom stereocenters. The minimum absolute atomic E-state index is 0.349. The number of nitrogens with one attached hydrogen (secondary N) is 1. The first-order chi connectivity index (χ1) is 8.52. The van der Waals surface area contributed by atoms with Crippen molar-refractivity contribution in [3.05, 3.63) is 0 Å². The largest absolute Gasteiger partial charge is 0.357 e. The second-order valence-electron chi connectivity index (χ2n) is 6.20. The molecule has 1 heterocycles. The summed E-state index contributed by atoms with van der Waals surface area (Å²) in [6, 6.07) is 0. The lowest BCUT2D eigenvalue weighted by Gasteiger charge is -2.39. The SMILES string of the molecule is CCNC(=NCC1CC1C)N1CCSC(C)(C)C1. The maximum absolute atomic E-state index is 4.84. The predicted octanol–water partition coefficient (Wildman–Crippen LogP) is 2.44. The maximum Gasteiger partial charge on any atom is 0.193 e. The molecule has 3 nitrogen and oxygen atoms in total. The molecule has 104 valence electrons. The van der Waals surface area contributed by atoms with Crippen LogP contribution in [0.15, 0.2) is 4.99 Å². The smallest absolute Gasteiger partial charge is 0.193 e. The van der Waals surface area contributed by atoms with Crippen LogP contribution in [0.25, 0.3) is 0 Å². The topological polar surface area (TPSA) is 27.6 Å². The van der Waals surface area contributed by atoms with Crippen molar-refractivity contribution in [3.8, 4) is 0 Å².